The standard InChI is InChI=1S/C29H27NO4/c1-20(31)21-9-13-24(14-10-21)30-28(32)27-18-17-26(34-27)19-33-25-15-11-23(12-16-25)29(2,3)22-7-5-4-6-8-22/h4-18H,19H2,1-3H3,(H,30,32). The Morgan fingerprint density at radius 3 is 2.12 bits per heavy atom. The van der Waals surface area contributed by atoms with Crippen LogP contribution < -0.4 is 10.1 Å². The van der Waals surface area contributed by atoms with E-state index in [0.717, 1.165) is 5.75 Å². The highest BCUT2D eigenvalue weighted by Gasteiger charge is 2.22. The lowest BCUT2D eigenvalue weighted by Crippen LogP contribution is -2.18. The van der Waals surface area contributed by atoms with Crippen LogP contribution in [0.3, 0.4) is 0 Å². The summed E-state index contributed by atoms with van der Waals surface area (Å²) in [4.78, 5) is 23.8. The Kier molecular flexibility index (Phi) is 6.64. The van der Waals surface area contributed by atoms with Gasteiger partial charge in [-0.15, -0.1) is 0 Å². The Bertz CT molecular complexity index is 1270. The average Bonchev–Trinajstić information content (AvgIpc) is 3.33. The minimum absolute atomic E-state index is 0.0249. The second-order valence-corrected chi connectivity index (χ2v) is 8.66. The van der Waals surface area contributed by atoms with Crippen LogP contribution in [0.4, 0.5) is 5.69 Å². The van der Waals surface area contributed by atoms with Crippen molar-refractivity contribution < 1.29 is 18.7 Å². The van der Waals surface area contributed by atoms with Gasteiger partial charge in [0.05, 0.1) is 0 Å². The minimum Gasteiger partial charge on any atom is -0.486 e. The van der Waals surface area contributed by atoms with Crippen LogP contribution >= 0.6 is 0 Å². The van der Waals surface area contributed by atoms with Gasteiger partial charge in [0, 0.05) is 16.7 Å². The quantitative estimate of drug-likeness (QED) is 0.304. The zero-order chi connectivity index (χ0) is 24.1. The third kappa shape index (κ3) is 5.26. The molecule has 0 radical (unpaired) electrons. The molecule has 0 unspecified atom stereocenters. The summed E-state index contributed by atoms with van der Waals surface area (Å²) in [6.45, 7) is 6.11. The first kappa shape index (κ1) is 23.1. The van der Waals surface area contributed by atoms with Crippen LogP contribution in [0.15, 0.2) is 95.4 Å². The number of anilines is 1. The Morgan fingerprint density at radius 1 is 0.824 bits per heavy atom. The van der Waals surface area contributed by atoms with Gasteiger partial charge in [-0.1, -0.05) is 56.3 Å². The van der Waals surface area contributed by atoms with Gasteiger partial charge < -0.3 is 14.5 Å². The van der Waals surface area contributed by atoms with Crippen molar-refractivity contribution in [3.05, 3.63) is 119 Å². The number of nitrogens with one attached hydrogen (secondary N) is 1. The fraction of sp³-hybridized carbons (Fsp3) is 0.172. The predicted octanol–water partition coefficient (Wildman–Crippen LogP) is 6.64. The fourth-order valence-corrected chi connectivity index (χ4v) is 3.70. The summed E-state index contributed by atoms with van der Waals surface area (Å²) < 4.78 is 11.5. The Labute approximate surface area is 199 Å². The molecule has 4 rings (SSSR count). The lowest BCUT2D eigenvalue weighted by Gasteiger charge is -2.26. The van der Waals surface area contributed by atoms with E-state index in [2.05, 4.69) is 55.6 Å². The molecule has 172 valence electrons. The van der Waals surface area contributed by atoms with Gasteiger partial charge in [0.2, 0.25) is 0 Å². The third-order valence-corrected chi connectivity index (χ3v) is 5.89. The van der Waals surface area contributed by atoms with Crippen molar-refractivity contribution in [2.75, 3.05) is 5.32 Å². The largest absolute Gasteiger partial charge is 0.486 e. The number of ketones is 1. The second kappa shape index (κ2) is 9.79. The first-order valence-corrected chi connectivity index (χ1v) is 11.1. The molecule has 0 saturated heterocycles. The van der Waals surface area contributed by atoms with E-state index in [1.807, 2.05) is 18.2 Å². The number of furan rings is 1. The van der Waals surface area contributed by atoms with Crippen molar-refractivity contribution in [1.29, 1.82) is 0 Å². The van der Waals surface area contributed by atoms with Gasteiger partial charge >= 0.3 is 0 Å². The van der Waals surface area contributed by atoms with Gasteiger partial charge in [-0.05, 0) is 66.6 Å². The normalized spacial score (nSPS) is 11.1. The molecule has 0 spiro atoms. The summed E-state index contributed by atoms with van der Waals surface area (Å²) in [7, 11) is 0. The summed E-state index contributed by atoms with van der Waals surface area (Å²) in [5, 5.41) is 2.76. The van der Waals surface area contributed by atoms with Crippen LogP contribution in [0.2, 0.25) is 0 Å². The van der Waals surface area contributed by atoms with Gasteiger partial charge in [-0.25, -0.2) is 0 Å². The van der Waals surface area contributed by atoms with Crippen LogP contribution in [-0.4, -0.2) is 11.7 Å². The van der Waals surface area contributed by atoms with Crippen molar-refractivity contribution in [3.63, 3.8) is 0 Å². The van der Waals surface area contributed by atoms with Gasteiger partial charge in [-0.2, -0.15) is 0 Å². The predicted molar refractivity (Wildman–Crippen MR) is 132 cm³/mol. The van der Waals surface area contributed by atoms with Crippen LogP contribution in [0, 0.1) is 0 Å². The van der Waals surface area contributed by atoms with E-state index in [1.165, 1.54) is 18.1 Å². The van der Waals surface area contributed by atoms with E-state index in [1.54, 1.807) is 36.4 Å². The molecule has 1 N–H and O–H groups in total. The number of rotatable bonds is 8. The van der Waals surface area contributed by atoms with Crippen molar-refractivity contribution >= 4 is 17.4 Å². The SMILES string of the molecule is CC(=O)c1ccc(NC(=O)c2ccc(COc3ccc(C(C)(C)c4ccccc4)cc3)o2)cc1. The number of hydrogen-bond acceptors (Lipinski definition) is 4. The molecular weight excluding hydrogens is 426 g/mol. The maximum absolute atomic E-state index is 12.5. The Morgan fingerprint density at radius 2 is 1.47 bits per heavy atom. The third-order valence-electron chi connectivity index (χ3n) is 5.89. The first-order valence-electron chi connectivity index (χ1n) is 11.1. The molecular formula is C29H27NO4. The van der Waals surface area contributed by atoms with Crippen LogP contribution in [-0.2, 0) is 12.0 Å². The van der Waals surface area contributed by atoms with E-state index in [4.69, 9.17) is 9.15 Å². The van der Waals surface area contributed by atoms with Crippen molar-refractivity contribution in [3.8, 4) is 5.75 Å². The lowest BCUT2D eigenvalue weighted by atomic mass is 9.78. The summed E-state index contributed by atoms with van der Waals surface area (Å²) in [6, 6.07) is 28.5. The molecule has 0 aliphatic heterocycles. The molecule has 3 aromatic carbocycles. The summed E-state index contributed by atoms with van der Waals surface area (Å²) in [5.74, 6) is 1.07. The summed E-state index contributed by atoms with van der Waals surface area (Å²) in [6.07, 6.45) is 0. The zero-order valence-electron chi connectivity index (χ0n) is 19.5. The average molecular weight is 454 g/mol. The van der Waals surface area contributed by atoms with E-state index in [-0.39, 0.29) is 29.5 Å². The molecule has 5 heteroatoms. The molecule has 0 saturated carbocycles. The molecule has 1 heterocycles. The maximum Gasteiger partial charge on any atom is 0.291 e. The molecule has 4 aromatic rings. The van der Waals surface area contributed by atoms with Crippen molar-refractivity contribution in [2.24, 2.45) is 0 Å². The fourth-order valence-electron chi connectivity index (χ4n) is 3.70. The van der Waals surface area contributed by atoms with Crippen molar-refractivity contribution in [2.45, 2.75) is 32.8 Å². The Balaban J connectivity index is 1.34. The van der Waals surface area contributed by atoms with E-state index in [9.17, 15) is 9.59 Å². The van der Waals surface area contributed by atoms with Crippen LogP contribution in [0.5, 0.6) is 5.75 Å². The smallest absolute Gasteiger partial charge is 0.291 e. The molecule has 0 aliphatic rings. The minimum atomic E-state index is -0.366. The second-order valence-electron chi connectivity index (χ2n) is 8.66. The molecule has 5 nitrogen and oxygen atoms in total. The molecule has 0 atom stereocenters. The number of benzene rings is 3. The highest BCUT2D eigenvalue weighted by molar-refractivity contribution is 6.02. The molecule has 0 fully saturated rings. The van der Waals surface area contributed by atoms with Crippen LogP contribution in [0.1, 0.15) is 58.6 Å². The molecule has 0 bridgehead atoms. The Hall–Kier alpha value is -4.12. The van der Waals surface area contributed by atoms with Gasteiger partial charge in [-0.3, -0.25) is 9.59 Å². The number of carbonyl (C=O) groups is 2. The number of hydrogen-bond donors (Lipinski definition) is 1. The van der Waals surface area contributed by atoms with Gasteiger partial charge in [0.15, 0.2) is 11.5 Å². The zero-order valence-corrected chi connectivity index (χ0v) is 19.5. The molecule has 0 aliphatic carbocycles. The van der Waals surface area contributed by atoms with Gasteiger partial charge in [0.25, 0.3) is 5.91 Å². The van der Waals surface area contributed by atoms with E-state index < -0.39 is 0 Å². The number of Topliss-reactive ketones (excluding diaryl/α,β-unsaturated/α-hetero) is 1. The number of amides is 1. The molecule has 1 aromatic heterocycles. The molecule has 1 amide bonds. The summed E-state index contributed by atoms with van der Waals surface area (Å²) >= 11 is 0. The van der Waals surface area contributed by atoms with Gasteiger partial charge in [0.1, 0.15) is 18.1 Å². The topological polar surface area (TPSA) is 68.5 Å². The van der Waals surface area contributed by atoms with Crippen molar-refractivity contribution in [1.82, 2.24) is 0 Å². The van der Waals surface area contributed by atoms with E-state index in [0.29, 0.717) is 17.0 Å². The maximum atomic E-state index is 12.5. The van der Waals surface area contributed by atoms with Crippen LogP contribution in [0.25, 0.3) is 0 Å². The number of carbonyl (C=O) groups excluding carboxylic acids is 2. The number of ether oxygens (including phenoxy) is 1. The first-order chi connectivity index (χ1) is 16.3. The van der Waals surface area contributed by atoms with E-state index >= 15 is 0 Å². The molecule has 34 heavy (non-hydrogen) atoms. The highest BCUT2D eigenvalue weighted by atomic mass is 16.5. The summed E-state index contributed by atoms with van der Waals surface area (Å²) in [5.41, 5.74) is 3.50. The highest BCUT2D eigenvalue weighted by Crippen LogP contribution is 2.32. The monoisotopic (exact) mass is 453 g/mol. The lowest BCUT2D eigenvalue weighted by molar-refractivity contribution is 0.0990.